The van der Waals surface area contributed by atoms with E-state index in [1.54, 1.807) is 0 Å². The van der Waals surface area contributed by atoms with Crippen molar-refractivity contribution < 1.29 is 4.74 Å². The molecule has 1 N–H and O–H groups in total. The van der Waals surface area contributed by atoms with Gasteiger partial charge in [0.25, 0.3) is 6.02 Å². The summed E-state index contributed by atoms with van der Waals surface area (Å²) < 4.78 is 5.79. The molecule has 0 aromatic carbocycles. The number of nitrogens with zero attached hydrogens (tertiary/aromatic N) is 1. The van der Waals surface area contributed by atoms with Crippen LogP contribution in [0.4, 0.5) is 0 Å². The van der Waals surface area contributed by atoms with E-state index in [0.29, 0.717) is 12.1 Å². The Morgan fingerprint density at radius 3 is 2.04 bits per heavy atom. The quantitative estimate of drug-likeness (QED) is 0.176. The Kier molecular flexibility index (Phi) is 16.2. The fourth-order valence-corrected chi connectivity index (χ4v) is 2.40. The summed E-state index contributed by atoms with van der Waals surface area (Å²) in [4.78, 5) is 4.49. The predicted molar refractivity (Wildman–Crippen MR) is 108 cm³/mol. The number of amidine groups is 1. The van der Waals surface area contributed by atoms with Gasteiger partial charge < -0.3 is 10.1 Å². The lowest BCUT2D eigenvalue weighted by Gasteiger charge is -2.15. The minimum Gasteiger partial charge on any atom is -0.465 e. The minimum absolute atomic E-state index is 0.266. The van der Waals surface area contributed by atoms with Gasteiger partial charge in [-0.15, -0.1) is 0 Å². The van der Waals surface area contributed by atoms with Gasteiger partial charge in [-0.1, -0.05) is 57.6 Å². The van der Waals surface area contributed by atoms with Crippen molar-refractivity contribution in [2.45, 2.75) is 111 Å². The highest BCUT2D eigenvalue weighted by Gasteiger charge is 2.03. The van der Waals surface area contributed by atoms with Crippen LogP contribution in [-0.2, 0) is 4.74 Å². The van der Waals surface area contributed by atoms with Crippen LogP contribution in [0.1, 0.15) is 98.8 Å². The zero-order valence-electron chi connectivity index (χ0n) is 16.9. The van der Waals surface area contributed by atoms with Gasteiger partial charge in [0, 0.05) is 12.1 Å². The van der Waals surface area contributed by atoms with E-state index in [4.69, 9.17) is 4.74 Å². The molecule has 0 aromatic heterocycles. The van der Waals surface area contributed by atoms with Gasteiger partial charge in [-0.2, -0.15) is 0 Å². The van der Waals surface area contributed by atoms with Crippen molar-refractivity contribution in [2.24, 2.45) is 4.99 Å². The van der Waals surface area contributed by atoms with E-state index >= 15 is 0 Å². The van der Waals surface area contributed by atoms with Gasteiger partial charge in [0.15, 0.2) is 0 Å². The van der Waals surface area contributed by atoms with E-state index in [1.165, 1.54) is 57.8 Å². The van der Waals surface area contributed by atoms with Crippen molar-refractivity contribution in [1.82, 2.24) is 5.32 Å². The first-order valence-electron chi connectivity index (χ1n) is 10.2. The summed E-state index contributed by atoms with van der Waals surface area (Å²) in [6.07, 6.45) is 17.6. The van der Waals surface area contributed by atoms with Crippen LogP contribution >= 0.6 is 0 Å². The monoisotopic (exact) mass is 338 g/mol. The lowest BCUT2D eigenvalue weighted by Crippen LogP contribution is -2.33. The SMILES string of the molecule is CCCCC=CCCCCCCCCOC(=NC(C)C)NC(C)C. The molecule has 0 aromatic rings. The Bertz CT molecular complexity index is 322. The van der Waals surface area contributed by atoms with E-state index in [1.807, 2.05) is 0 Å². The number of allylic oxidation sites excluding steroid dienone is 2. The van der Waals surface area contributed by atoms with Crippen LogP contribution in [0.25, 0.3) is 0 Å². The smallest absolute Gasteiger partial charge is 0.285 e. The lowest BCUT2D eigenvalue weighted by molar-refractivity contribution is 0.272. The standard InChI is InChI=1S/C21H42N2O/c1-6-7-8-9-10-11-12-13-14-15-16-17-18-24-21(22-19(2)3)23-20(4)5/h9-10,19-20H,6-8,11-18H2,1-5H3,(H,22,23). The normalized spacial score (nSPS) is 12.5. The second-order valence-corrected chi connectivity index (χ2v) is 7.20. The van der Waals surface area contributed by atoms with Crippen LogP contribution in [0, 0.1) is 0 Å². The number of nitrogens with one attached hydrogen (secondary N) is 1. The molecule has 0 radical (unpaired) electrons. The molecule has 142 valence electrons. The molecule has 0 spiro atoms. The second kappa shape index (κ2) is 16.9. The van der Waals surface area contributed by atoms with Crippen LogP contribution in [0.3, 0.4) is 0 Å². The Labute approximate surface area is 151 Å². The molecular weight excluding hydrogens is 296 g/mol. The highest BCUT2D eigenvalue weighted by atomic mass is 16.5. The zero-order valence-corrected chi connectivity index (χ0v) is 16.9. The molecule has 0 bridgehead atoms. The summed E-state index contributed by atoms with van der Waals surface area (Å²) in [6.45, 7) is 11.4. The summed E-state index contributed by atoms with van der Waals surface area (Å²) in [5.41, 5.74) is 0. The van der Waals surface area contributed by atoms with Crippen LogP contribution < -0.4 is 5.32 Å². The fourth-order valence-electron chi connectivity index (χ4n) is 2.40. The van der Waals surface area contributed by atoms with Gasteiger partial charge in [0.2, 0.25) is 0 Å². The van der Waals surface area contributed by atoms with E-state index in [9.17, 15) is 0 Å². The van der Waals surface area contributed by atoms with Gasteiger partial charge in [0.05, 0.1) is 6.61 Å². The molecule has 0 heterocycles. The average molecular weight is 339 g/mol. The maximum atomic E-state index is 5.79. The van der Waals surface area contributed by atoms with Gasteiger partial charge in [0.1, 0.15) is 0 Å². The topological polar surface area (TPSA) is 33.6 Å². The molecule has 0 aliphatic rings. The maximum Gasteiger partial charge on any atom is 0.285 e. The molecular formula is C21H42N2O. The van der Waals surface area contributed by atoms with Gasteiger partial charge in [-0.3, -0.25) is 0 Å². The first kappa shape index (κ1) is 23.0. The van der Waals surface area contributed by atoms with Gasteiger partial charge in [-0.25, -0.2) is 4.99 Å². The van der Waals surface area contributed by atoms with E-state index < -0.39 is 0 Å². The number of ether oxygens (including phenoxy) is 1. The largest absolute Gasteiger partial charge is 0.465 e. The molecule has 0 aliphatic heterocycles. The molecule has 24 heavy (non-hydrogen) atoms. The summed E-state index contributed by atoms with van der Waals surface area (Å²) in [7, 11) is 0. The molecule has 3 heteroatoms. The third-order valence-corrected chi connectivity index (χ3v) is 3.68. The number of aliphatic imine (C=N–C) groups is 1. The Morgan fingerprint density at radius 1 is 0.875 bits per heavy atom. The van der Waals surface area contributed by atoms with Crippen molar-refractivity contribution >= 4 is 6.02 Å². The van der Waals surface area contributed by atoms with E-state index in [2.05, 4.69) is 57.1 Å². The molecule has 0 fully saturated rings. The number of hydrogen-bond donors (Lipinski definition) is 1. The molecule has 0 saturated heterocycles. The van der Waals surface area contributed by atoms with Crippen LogP contribution in [-0.4, -0.2) is 24.7 Å². The first-order valence-corrected chi connectivity index (χ1v) is 10.2. The summed E-state index contributed by atoms with van der Waals surface area (Å²) >= 11 is 0. The van der Waals surface area contributed by atoms with Crippen molar-refractivity contribution in [3.05, 3.63) is 12.2 Å². The molecule has 0 rings (SSSR count). The van der Waals surface area contributed by atoms with Crippen LogP contribution in [0.2, 0.25) is 0 Å². The third-order valence-electron chi connectivity index (χ3n) is 3.68. The molecule has 0 amide bonds. The fraction of sp³-hybridized carbons (Fsp3) is 0.857. The summed E-state index contributed by atoms with van der Waals surface area (Å²) in [5, 5.41) is 3.28. The highest BCUT2D eigenvalue weighted by Crippen LogP contribution is 2.08. The van der Waals surface area contributed by atoms with E-state index in [0.717, 1.165) is 13.0 Å². The Hall–Kier alpha value is -0.990. The van der Waals surface area contributed by atoms with Gasteiger partial charge in [-0.05, 0) is 53.4 Å². The van der Waals surface area contributed by atoms with Crippen molar-refractivity contribution in [2.75, 3.05) is 6.61 Å². The van der Waals surface area contributed by atoms with Crippen LogP contribution in [0.5, 0.6) is 0 Å². The first-order chi connectivity index (χ1) is 11.6. The molecule has 0 aliphatic carbocycles. The number of unbranched alkanes of at least 4 members (excludes halogenated alkanes) is 8. The van der Waals surface area contributed by atoms with E-state index in [-0.39, 0.29) is 6.04 Å². The Morgan fingerprint density at radius 2 is 1.46 bits per heavy atom. The molecule has 0 atom stereocenters. The lowest BCUT2D eigenvalue weighted by atomic mass is 10.1. The molecule has 0 unspecified atom stereocenters. The number of rotatable bonds is 14. The van der Waals surface area contributed by atoms with Crippen molar-refractivity contribution in [3.8, 4) is 0 Å². The predicted octanol–water partition coefficient (Wildman–Crippen LogP) is 6.24. The highest BCUT2D eigenvalue weighted by molar-refractivity contribution is 5.73. The average Bonchev–Trinajstić information content (AvgIpc) is 2.50. The third kappa shape index (κ3) is 17.4. The maximum absolute atomic E-state index is 5.79. The molecule has 3 nitrogen and oxygen atoms in total. The zero-order chi connectivity index (χ0) is 18.0. The molecule has 0 saturated carbocycles. The van der Waals surface area contributed by atoms with Gasteiger partial charge >= 0.3 is 0 Å². The van der Waals surface area contributed by atoms with Crippen LogP contribution in [0.15, 0.2) is 17.1 Å². The van der Waals surface area contributed by atoms with Crippen molar-refractivity contribution in [3.63, 3.8) is 0 Å². The second-order valence-electron chi connectivity index (χ2n) is 7.20. The number of hydrogen-bond acceptors (Lipinski definition) is 2. The summed E-state index contributed by atoms with van der Waals surface area (Å²) in [6, 6.07) is 1.33. The van der Waals surface area contributed by atoms with Crippen molar-refractivity contribution in [1.29, 1.82) is 0 Å². The Balaban J connectivity index is 3.50. The summed E-state index contributed by atoms with van der Waals surface area (Å²) in [5.74, 6) is 0. The minimum atomic E-state index is 0.266.